The molecule has 0 aliphatic heterocycles. The van der Waals surface area contributed by atoms with E-state index >= 15 is 0 Å². The van der Waals surface area contributed by atoms with Crippen molar-refractivity contribution in [2.24, 2.45) is 0 Å². The Kier molecular flexibility index (Phi) is 6.99. The van der Waals surface area contributed by atoms with Gasteiger partial charge in [0.15, 0.2) is 23.1 Å². The predicted octanol–water partition coefficient (Wildman–Crippen LogP) is 11.3. The normalized spacial score (nSPS) is 11.8. The fourth-order valence-electron chi connectivity index (χ4n) is 7.93. The van der Waals surface area contributed by atoms with Gasteiger partial charge in [-0.05, 0) is 88.6 Å². The third-order valence-electron chi connectivity index (χ3n) is 10.6. The molecule has 12 rings (SSSR count). The molecule has 6 heterocycles. The SMILES string of the molecule is c1cc(-c2nc(-c3ccc(-c4ccc(-c5nc6ccc7oc8ccccc8c7c6o5)cc4)c4ccccc34)nc(-c3ccnc4cccnc34)n2)c2nccnc2c1. The van der Waals surface area contributed by atoms with E-state index in [2.05, 4.69) is 74.5 Å². The number of pyridine rings is 2. The topological polar surface area (TPSA) is 129 Å². The number of furan rings is 1. The molecule has 10 nitrogen and oxygen atoms in total. The van der Waals surface area contributed by atoms with Gasteiger partial charge in [-0.2, -0.15) is 0 Å². The van der Waals surface area contributed by atoms with Gasteiger partial charge in [0.1, 0.15) is 16.7 Å². The van der Waals surface area contributed by atoms with Crippen LogP contribution in [0.5, 0.6) is 0 Å². The Morgan fingerprint density at radius 1 is 0.345 bits per heavy atom. The van der Waals surface area contributed by atoms with Crippen LogP contribution >= 0.6 is 0 Å². The smallest absolute Gasteiger partial charge is 0.227 e. The summed E-state index contributed by atoms with van der Waals surface area (Å²) in [4.78, 5) is 38.6. The summed E-state index contributed by atoms with van der Waals surface area (Å²) in [6.45, 7) is 0. The second-order valence-electron chi connectivity index (χ2n) is 14.0. The van der Waals surface area contributed by atoms with Crippen LogP contribution in [-0.4, -0.2) is 39.9 Å². The van der Waals surface area contributed by atoms with Gasteiger partial charge in [0, 0.05) is 52.4 Å². The van der Waals surface area contributed by atoms with Gasteiger partial charge in [-0.25, -0.2) is 19.9 Å². The molecule has 0 aliphatic rings. The molecule has 6 aromatic heterocycles. The lowest BCUT2D eigenvalue weighted by atomic mass is 9.94. The predicted molar refractivity (Wildman–Crippen MR) is 226 cm³/mol. The minimum Gasteiger partial charge on any atom is -0.456 e. The van der Waals surface area contributed by atoms with Crippen LogP contribution in [0.1, 0.15) is 0 Å². The summed E-state index contributed by atoms with van der Waals surface area (Å²) < 4.78 is 12.5. The highest BCUT2D eigenvalue weighted by Gasteiger charge is 2.20. The molecule has 0 saturated heterocycles. The lowest BCUT2D eigenvalue weighted by molar-refractivity contribution is 0.622. The Bertz CT molecular complexity index is 3490. The number of oxazole rings is 1. The minimum atomic E-state index is 0.483. The van der Waals surface area contributed by atoms with Crippen molar-refractivity contribution < 1.29 is 8.83 Å². The van der Waals surface area contributed by atoms with E-state index in [0.29, 0.717) is 34.4 Å². The van der Waals surface area contributed by atoms with Gasteiger partial charge >= 0.3 is 0 Å². The molecule has 0 N–H and O–H groups in total. The number of benzene rings is 6. The molecule has 6 aromatic carbocycles. The first-order chi connectivity index (χ1) is 28.7. The molecule has 0 saturated carbocycles. The van der Waals surface area contributed by atoms with Crippen molar-refractivity contribution in [1.29, 1.82) is 0 Å². The lowest BCUT2D eigenvalue weighted by Crippen LogP contribution is -2.02. The molecule has 0 aliphatic carbocycles. The first kappa shape index (κ1) is 32.0. The van der Waals surface area contributed by atoms with Crippen molar-refractivity contribution in [3.63, 3.8) is 0 Å². The molecular weight excluding hydrogens is 721 g/mol. The maximum atomic E-state index is 6.44. The number of aromatic nitrogens is 8. The van der Waals surface area contributed by atoms with Crippen LogP contribution < -0.4 is 0 Å². The van der Waals surface area contributed by atoms with Crippen molar-refractivity contribution in [3.8, 4) is 56.7 Å². The Labute approximate surface area is 328 Å². The first-order valence-corrected chi connectivity index (χ1v) is 18.7. The number of hydrogen-bond acceptors (Lipinski definition) is 10. The fourth-order valence-corrected chi connectivity index (χ4v) is 7.93. The standard InChI is InChI=1S/C48H26N8O2/c1-2-8-31-30(7-1)29(27-14-16-28(17-15-27)48-53-38-20-21-40-41(44(38)58-48)33-9-3-4-13-39(33)57-40)18-19-32(31)45-54-46(34-10-5-11-36-42(34)52-26-25-50-36)56-47(55-45)35-22-24-49-37-12-6-23-51-43(35)37/h1-26H. The van der Waals surface area contributed by atoms with Crippen molar-refractivity contribution in [2.75, 3.05) is 0 Å². The van der Waals surface area contributed by atoms with Crippen LogP contribution in [0.2, 0.25) is 0 Å². The molecule has 12 aromatic rings. The van der Waals surface area contributed by atoms with E-state index in [-0.39, 0.29) is 0 Å². The third kappa shape index (κ3) is 5.05. The Hall–Kier alpha value is -8.24. The molecule has 58 heavy (non-hydrogen) atoms. The summed E-state index contributed by atoms with van der Waals surface area (Å²) in [5.74, 6) is 2.04. The second kappa shape index (κ2) is 12.7. The Morgan fingerprint density at radius 2 is 0.983 bits per heavy atom. The molecule has 0 spiro atoms. The zero-order chi connectivity index (χ0) is 38.2. The highest BCUT2D eigenvalue weighted by Crippen LogP contribution is 2.39. The van der Waals surface area contributed by atoms with Gasteiger partial charge in [-0.3, -0.25) is 19.9 Å². The quantitative estimate of drug-likeness (QED) is 0.168. The number of para-hydroxylation sites is 2. The summed E-state index contributed by atoms with van der Waals surface area (Å²) in [6.07, 6.45) is 6.87. The number of fused-ring (bicyclic) bond motifs is 8. The van der Waals surface area contributed by atoms with Gasteiger partial charge in [-0.1, -0.05) is 66.7 Å². The summed E-state index contributed by atoms with van der Waals surface area (Å²) in [6, 6.07) is 44.3. The Morgan fingerprint density at radius 3 is 1.81 bits per heavy atom. The molecule has 270 valence electrons. The number of hydrogen-bond donors (Lipinski definition) is 0. The van der Waals surface area contributed by atoms with Gasteiger partial charge < -0.3 is 8.83 Å². The van der Waals surface area contributed by atoms with Gasteiger partial charge in [-0.15, -0.1) is 0 Å². The highest BCUT2D eigenvalue weighted by molar-refractivity contribution is 6.16. The molecule has 0 amide bonds. The molecule has 0 fully saturated rings. The van der Waals surface area contributed by atoms with E-state index in [9.17, 15) is 0 Å². The van der Waals surface area contributed by atoms with E-state index in [4.69, 9.17) is 28.8 Å². The van der Waals surface area contributed by atoms with Crippen LogP contribution in [-0.2, 0) is 0 Å². The summed E-state index contributed by atoms with van der Waals surface area (Å²) in [5.41, 5.74) is 11.4. The van der Waals surface area contributed by atoms with Gasteiger partial charge in [0.2, 0.25) is 5.89 Å². The van der Waals surface area contributed by atoms with Crippen LogP contribution in [0, 0.1) is 0 Å². The van der Waals surface area contributed by atoms with E-state index in [1.54, 1.807) is 24.8 Å². The average molecular weight is 747 g/mol. The summed E-state index contributed by atoms with van der Waals surface area (Å²) in [5, 5.41) is 3.99. The van der Waals surface area contributed by atoms with E-state index in [0.717, 1.165) is 88.2 Å². The zero-order valence-corrected chi connectivity index (χ0v) is 30.4. The number of nitrogens with zero attached hydrogens (tertiary/aromatic N) is 8. The molecular formula is C48H26N8O2. The lowest BCUT2D eigenvalue weighted by Gasteiger charge is -2.14. The molecule has 0 unspecified atom stereocenters. The molecule has 10 heteroatoms. The molecule has 0 atom stereocenters. The maximum absolute atomic E-state index is 6.44. The van der Waals surface area contributed by atoms with Crippen molar-refractivity contribution in [1.82, 2.24) is 39.9 Å². The van der Waals surface area contributed by atoms with E-state index in [1.807, 2.05) is 78.9 Å². The minimum absolute atomic E-state index is 0.483. The van der Waals surface area contributed by atoms with Gasteiger partial charge in [0.25, 0.3) is 0 Å². The summed E-state index contributed by atoms with van der Waals surface area (Å²) in [7, 11) is 0. The number of rotatable bonds is 5. The third-order valence-corrected chi connectivity index (χ3v) is 10.6. The van der Waals surface area contributed by atoms with E-state index < -0.39 is 0 Å². The van der Waals surface area contributed by atoms with Crippen LogP contribution in [0.25, 0.3) is 123 Å². The average Bonchev–Trinajstić information content (AvgIpc) is 3.90. The zero-order valence-electron chi connectivity index (χ0n) is 30.4. The van der Waals surface area contributed by atoms with Crippen LogP contribution in [0.15, 0.2) is 167 Å². The largest absolute Gasteiger partial charge is 0.456 e. The summed E-state index contributed by atoms with van der Waals surface area (Å²) >= 11 is 0. The van der Waals surface area contributed by atoms with Crippen molar-refractivity contribution in [2.45, 2.75) is 0 Å². The Balaban J connectivity index is 0.984. The first-order valence-electron chi connectivity index (χ1n) is 18.7. The molecule has 0 radical (unpaired) electrons. The second-order valence-corrected chi connectivity index (χ2v) is 14.0. The maximum Gasteiger partial charge on any atom is 0.227 e. The highest BCUT2D eigenvalue weighted by atomic mass is 16.4. The monoisotopic (exact) mass is 746 g/mol. The fraction of sp³-hybridized carbons (Fsp3) is 0. The van der Waals surface area contributed by atoms with Crippen molar-refractivity contribution >= 4 is 65.9 Å². The van der Waals surface area contributed by atoms with Crippen LogP contribution in [0.3, 0.4) is 0 Å². The van der Waals surface area contributed by atoms with Crippen molar-refractivity contribution in [3.05, 3.63) is 158 Å². The van der Waals surface area contributed by atoms with E-state index in [1.165, 1.54) is 0 Å². The molecule has 0 bridgehead atoms. The van der Waals surface area contributed by atoms with Gasteiger partial charge in [0.05, 0.1) is 27.5 Å². The van der Waals surface area contributed by atoms with Crippen LogP contribution in [0.4, 0.5) is 0 Å².